The van der Waals surface area contributed by atoms with Crippen molar-refractivity contribution in [1.29, 1.82) is 0 Å². The van der Waals surface area contributed by atoms with Gasteiger partial charge in [-0.1, -0.05) is 231 Å². The molecule has 1 heteroatoms. The maximum absolute atomic E-state index is 2.91. The summed E-state index contributed by atoms with van der Waals surface area (Å²) in [6.07, 6.45) is 0. The first-order valence-corrected chi connectivity index (χ1v) is 22.4. The van der Waals surface area contributed by atoms with E-state index in [1.165, 1.54) is 71.2 Å². The van der Waals surface area contributed by atoms with Crippen LogP contribution < -0.4 is 5.19 Å². The third-order valence-electron chi connectivity index (χ3n) is 12.0. The molecule has 0 amide bonds. The summed E-state index contributed by atoms with van der Waals surface area (Å²) in [5.74, 6) is 0. The van der Waals surface area contributed by atoms with Crippen molar-refractivity contribution in [1.82, 2.24) is 0 Å². The molecule has 1 aliphatic rings. The van der Waals surface area contributed by atoms with E-state index < -0.39 is 8.07 Å². The smallest absolute Gasteiger partial charge is 0.0624 e. The van der Waals surface area contributed by atoms with Gasteiger partial charge in [0.1, 0.15) is 0 Å². The summed E-state index contributed by atoms with van der Waals surface area (Å²) >= 11 is 0. The van der Waals surface area contributed by atoms with Gasteiger partial charge < -0.3 is 0 Å². The van der Waals surface area contributed by atoms with Gasteiger partial charge in [-0.15, -0.1) is 0 Å². The fourth-order valence-corrected chi connectivity index (χ4v) is 15.1. The second-order valence-electron chi connectivity index (χ2n) is 21.2. The maximum Gasteiger partial charge on any atom is 0.156 e. The van der Waals surface area contributed by atoms with Crippen LogP contribution >= 0.6 is 0 Å². The molecular formula is C54H66Si. The minimum Gasteiger partial charge on any atom is -0.0624 e. The molecule has 0 N–H and O–H groups in total. The van der Waals surface area contributed by atoms with E-state index in [4.69, 9.17) is 0 Å². The maximum atomic E-state index is 2.52. The molecule has 6 rings (SSSR count). The predicted molar refractivity (Wildman–Crippen MR) is 246 cm³/mol. The normalized spacial score (nSPS) is 15.5. The van der Waals surface area contributed by atoms with Gasteiger partial charge in [0.2, 0.25) is 0 Å². The average Bonchev–Trinajstić information content (AvgIpc) is 3.44. The van der Waals surface area contributed by atoms with Crippen molar-refractivity contribution in [3.63, 3.8) is 0 Å². The van der Waals surface area contributed by atoms with E-state index in [1.54, 1.807) is 0 Å². The molecule has 0 aliphatic carbocycles. The largest absolute Gasteiger partial charge is 0.156 e. The Morgan fingerprint density at radius 2 is 0.545 bits per heavy atom. The highest BCUT2D eigenvalue weighted by Crippen LogP contribution is 2.62. The summed E-state index contributed by atoms with van der Waals surface area (Å²) < 4.78 is 0. The highest BCUT2D eigenvalue weighted by Gasteiger charge is 2.58. The van der Waals surface area contributed by atoms with Crippen molar-refractivity contribution in [3.8, 4) is 0 Å². The van der Waals surface area contributed by atoms with Crippen molar-refractivity contribution in [3.05, 3.63) is 172 Å². The second-order valence-corrected chi connectivity index (χ2v) is 25.8. The molecule has 5 aromatic rings. The van der Waals surface area contributed by atoms with Crippen molar-refractivity contribution >= 4 is 34.8 Å². The molecule has 0 atom stereocenters. The summed E-state index contributed by atoms with van der Waals surface area (Å²) in [7, 11) is -2.91. The van der Waals surface area contributed by atoms with Crippen LogP contribution in [0.2, 0.25) is 5.04 Å². The zero-order valence-corrected chi connectivity index (χ0v) is 37.6. The number of rotatable bonds is 5. The lowest BCUT2D eigenvalue weighted by Crippen LogP contribution is -2.56. The molecule has 0 radical (unpaired) electrons. The van der Waals surface area contributed by atoms with Gasteiger partial charge in [-0.2, -0.15) is 0 Å². The molecule has 55 heavy (non-hydrogen) atoms. The first-order valence-electron chi connectivity index (χ1n) is 20.4. The Bertz CT molecular complexity index is 2050. The molecule has 286 valence electrons. The van der Waals surface area contributed by atoms with E-state index in [2.05, 4.69) is 231 Å². The molecule has 5 aromatic carbocycles. The van der Waals surface area contributed by atoms with E-state index in [-0.39, 0.29) is 26.7 Å². The Morgan fingerprint density at radius 1 is 0.291 bits per heavy atom. The topological polar surface area (TPSA) is 0 Å². The fourth-order valence-electron chi connectivity index (χ4n) is 8.76. The zero-order valence-electron chi connectivity index (χ0n) is 36.6. The summed E-state index contributed by atoms with van der Waals surface area (Å²) in [4.78, 5) is 0. The summed E-state index contributed by atoms with van der Waals surface area (Å²) in [5.41, 5.74) is 13.7. The molecule has 0 fully saturated rings. The van der Waals surface area contributed by atoms with Crippen LogP contribution in [-0.4, -0.2) is 8.07 Å². The van der Waals surface area contributed by atoms with Gasteiger partial charge in [0.25, 0.3) is 0 Å². The van der Waals surface area contributed by atoms with Gasteiger partial charge in [-0.3, -0.25) is 0 Å². The molecule has 0 bridgehead atoms. The minimum atomic E-state index is -2.91. The number of benzene rings is 5. The van der Waals surface area contributed by atoms with Crippen LogP contribution in [0.15, 0.2) is 127 Å². The van der Waals surface area contributed by atoms with E-state index in [0.717, 1.165) is 0 Å². The Kier molecular flexibility index (Phi) is 10.4. The van der Waals surface area contributed by atoms with Gasteiger partial charge in [-0.05, 0) is 97.9 Å². The molecular weight excluding hydrogens is 677 g/mol. The average molecular weight is 743 g/mol. The van der Waals surface area contributed by atoms with Crippen LogP contribution in [0.1, 0.15) is 148 Å². The molecule has 0 nitrogen and oxygen atoms in total. The second kappa shape index (κ2) is 14.1. The molecule has 0 saturated carbocycles. The first kappa shape index (κ1) is 40.5. The molecule has 0 aromatic heterocycles. The number of hydrogen-bond acceptors (Lipinski definition) is 0. The van der Waals surface area contributed by atoms with Crippen LogP contribution in [0.5, 0.6) is 0 Å². The van der Waals surface area contributed by atoms with Gasteiger partial charge in [0, 0.05) is 0 Å². The molecule has 0 saturated heterocycles. The Labute approximate surface area is 335 Å². The van der Waals surface area contributed by atoms with Crippen molar-refractivity contribution in [2.45, 2.75) is 131 Å². The van der Waals surface area contributed by atoms with E-state index >= 15 is 0 Å². The van der Waals surface area contributed by atoms with Crippen LogP contribution in [0.3, 0.4) is 0 Å². The van der Waals surface area contributed by atoms with Crippen LogP contribution in [-0.2, 0) is 21.7 Å². The molecule has 1 heterocycles. The SMILES string of the molecule is CC(C)(C)c1ccc(C2=C(c3ccc(C(C)(C)C)cc3)[Si](c3ccccc3)(C(C)(C)C)C(c3ccc(C(C)(C)C)cc3)=C2c2ccc(C(C)(C)C)cc2)cc1. The van der Waals surface area contributed by atoms with Crippen molar-refractivity contribution in [2.75, 3.05) is 0 Å². The van der Waals surface area contributed by atoms with Gasteiger partial charge in [0.15, 0.2) is 8.07 Å². The summed E-state index contributed by atoms with van der Waals surface area (Å²) in [5, 5.41) is 4.38. The van der Waals surface area contributed by atoms with E-state index in [1.807, 2.05) is 0 Å². The Morgan fingerprint density at radius 3 is 0.782 bits per heavy atom. The lowest BCUT2D eigenvalue weighted by molar-refractivity contribution is 0.590. The number of allylic oxidation sites excluding steroid dienone is 2. The van der Waals surface area contributed by atoms with Gasteiger partial charge in [0.05, 0.1) is 0 Å². The zero-order chi connectivity index (χ0) is 40.4. The lowest BCUT2D eigenvalue weighted by Gasteiger charge is -2.46. The van der Waals surface area contributed by atoms with Gasteiger partial charge >= 0.3 is 0 Å². The summed E-state index contributed by atoms with van der Waals surface area (Å²) in [6, 6.07) is 50.1. The molecule has 1 aliphatic heterocycles. The third kappa shape index (κ3) is 7.54. The molecule has 0 spiro atoms. The highest BCUT2D eigenvalue weighted by atomic mass is 28.3. The molecule has 0 unspecified atom stereocenters. The minimum absolute atomic E-state index is 0.0591. The van der Waals surface area contributed by atoms with E-state index in [9.17, 15) is 0 Å². The predicted octanol–water partition coefficient (Wildman–Crippen LogP) is 14.6. The summed E-state index contributed by atoms with van der Waals surface area (Å²) in [6.45, 7) is 35.3. The van der Waals surface area contributed by atoms with Crippen LogP contribution in [0.4, 0.5) is 0 Å². The highest BCUT2D eigenvalue weighted by molar-refractivity contribution is 7.23. The van der Waals surface area contributed by atoms with Crippen LogP contribution in [0.25, 0.3) is 21.5 Å². The lowest BCUT2D eigenvalue weighted by atomic mass is 9.82. The van der Waals surface area contributed by atoms with E-state index in [0.29, 0.717) is 0 Å². The number of hydrogen-bond donors (Lipinski definition) is 0. The quantitative estimate of drug-likeness (QED) is 0.157. The van der Waals surface area contributed by atoms with Crippen molar-refractivity contribution in [2.24, 2.45) is 0 Å². The Balaban J connectivity index is 1.87. The third-order valence-corrected chi connectivity index (χ3v) is 18.0. The van der Waals surface area contributed by atoms with Crippen LogP contribution in [0, 0.1) is 0 Å². The Hall–Kier alpha value is -4.20. The standard InChI is InChI=1S/C54H66Si/c1-50(2,3)41-29-21-37(22-30-41)46-47(38-23-31-42(32-24-38)51(4,5)6)49(40-27-35-44(36-28-40)53(10,11)12)55(54(13,14)15,45-19-17-16-18-20-45)48(46)39-25-33-43(34-26-39)52(7,8)9/h16-36H,1-15H3. The van der Waals surface area contributed by atoms with Gasteiger partial charge in [-0.25, -0.2) is 0 Å². The first-order chi connectivity index (χ1) is 25.5. The van der Waals surface area contributed by atoms with Crippen molar-refractivity contribution < 1.29 is 0 Å². The fraction of sp³-hybridized carbons (Fsp3) is 0.370. The monoisotopic (exact) mass is 742 g/mol.